The topological polar surface area (TPSA) is 151 Å². The smallest absolute Gasteiger partial charge is 0.307 e. The molecule has 0 fully saturated rings. The Morgan fingerprint density at radius 1 is 0.516 bits per heavy atom. The van der Waals surface area contributed by atoms with Gasteiger partial charge in [-0.2, -0.15) is 0 Å². The fourth-order valence-electron chi connectivity index (χ4n) is 7.65. The van der Waals surface area contributed by atoms with Crippen LogP contribution in [0.1, 0.15) is 35.1 Å². The molecule has 0 aliphatic carbocycles. The van der Waals surface area contributed by atoms with Crippen molar-refractivity contribution in [2.45, 2.75) is 56.7 Å². The summed E-state index contributed by atoms with van der Waals surface area (Å²) in [6, 6.07) is 48.0. The first-order valence-electron chi connectivity index (χ1n) is 20.9. The van der Waals surface area contributed by atoms with E-state index in [9.17, 15) is 29.1 Å². The maximum Gasteiger partial charge on any atom is 0.307 e. The van der Waals surface area contributed by atoms with Crippen molar-refractivity contribution in [1.82, 2.24) is 16.0 Å². The summed E-state index contributed by atoms with van der Waals surface area (Å²) < 4.78 is 5.78. The second-order valence-corrected chi connectivity index (χ2v) is 15.6. The highest BCUT2D eigenvalue weighted by Crippen LogP contribution is 2.23. The average molecular weight is 828 g/mol. The lowest BCUT2D eigenvalue weighted by Gasteiger charge is -2.26. The number of fused-ring (bicyclic) bond motifs is 16. The number of aliphatic carboxylic acids is 1. The van der Waals surface area contributed by atoms with E-state index in [1.807, 2.05) is 140 Å². The molecule has 0 saturated heterocycles. The lowest BCUT2D eigenvalue weighted by Crippen LogP contribution is -2.57. The third-order valence-electron chi connectivity index (χ3n) is 11.1. The van der Waals surface area contributed by atoms with Crippen molar-refractivity contribution in [3.05, 3.63) is 186 Å². The first-order chi connectivity index (χ1) is 30.2. The molecule has 2 heterocycles. The lowest BCUT2D eigenvalue weighted by atomic mass is 9.90. The van der Waals surface area contributed by atoms with E-state index in [1.54, 1.807) is 24.3 Å². The Balaban J connectivity index is 1.21. The molecule has 4 N–H and O–H groups in total. The van der Waals surface area contributed by atoms with Crippen LogP contribution in [0, 0.1) is 5.92 Å². The van der Waals surface area contributed by atoms with Crippen LogP contribution in [0.25, 0.3) is 22.3 Å². The first kappa shape index (κ1) is 42.8. The second kappa shape index (κ2) is 20.8. The van der Waals surface area contributed by atoms with Crippen LogP contribution in [-0.4, -0.2) is 59.3 Å². The zero-order valence-electron chi connectivity index (χ0n) is 34.2. The third-order valence-corrected chi connectivity index (χ3v) is 11.1. The summed E-state index contributed by atoms with van der Waals surface area (Å²) in [6.45, 7) is -0.400. The van der Waals surface area contributed by atoms with Crippen LogP contribution in [0.4, 0.5) is 0 Å². The van der Waals surface area contributed by atoms with Gasteiger partial charge in [0.1, 0.15) is 17.8 Å². The molecule has 2 bridgehead atoms. The summed E-state index contributed by atoms with van der Waals surface area (Å²) in [4.78, 5) is 69.2. The van der Waals surface area contributed by atoms with Gasteiger partial charge >= 0.3 is 5.97 Å². The van der Waals surface area contributed by atoms with Gasteiger partial charge in [-0.3, -0.25) is 24.0 Å². The van der Waals surface area contributed by atoms with Crippen LogP contribution in [-0.2, 0) is 49.7 Å². The quantitative estimate of drug-likeness (QED) is 0.107. The Labute approximate surface area is 361 Å². The van der Waals surface area contributed by atoms with E-state index in [2.05, 4.69) is 16.0 Å². The van der Waals surface area contributed by atoms with Crippen molar-refractivity contribution in [2.75, 3.05) is 6.61 Å². The van der Waals surface area contributed by atoms with Crippen molar-refractivity contribution < 1.29 is 33.8 Å². The molecule has 2 aliphatic rings. The maximum atomic E-state index is 14.6. The number of carboxylic acids is 1. The lowest BCUT2D eigenvalue weighted by molar-refractivity contribution is -0.144. The summed E-state index contributed by atoms with van der Waals surface area (Å²) in [5.41, 5.74) is 7.15. The number of carboxylic acid groups (broad SMARTS) is 1. The largest absolute Gasteiger partial charge is 0.484 e. The molecule has 8 rings (SSSR count). The molecule has 0 aromatic heterocycles. The molecule has 10 nitrogen and oxygen atoms in total. The van der Waals surface area contributed by atoms with E-state index in [0.717, 1.165) is 38.9 Å². The van der Waals surface area contributed by atoms with Crippen LogP contribution in [0.15, 0.2) is 164 Å². The van der Waals surface area contributed by atoms with Crippen LogP contribution in [0.5, 0.6) is 5.75 Å². The summed E-state index contributed by atoms with van der Waals surface area (Å²) >= 11 is 0. The highest BCUT2D eigenvalue weighted by Gasteiger charge is 2.32. The number of benzene rings is 6. The molecule has 0 unspecified atom stereocenters. The highest BCUT2D eigenvalue weighted by atomic mass is 16.5. The minimum Gasteiger partial charge on any atom is -0.484 e. The molecule has 6 aromatic carbocycles. The van der Waals surface area contributed by atoms with Gasteiger partial charge in [-0.1, -0.05) is 152 Å². The molecule has 4 atom stereocenters. The number of carbonyl (C=O) groups excluding carboxylic acids is 4. The van der Waals surface area contributed by atoms with Crippen LogP contribution >= 0.6 is 0 Å². The summed E-state index contributed by atoms with van der Waals surface area (Å²) in [5, 5.41) is 18.9. The standard InChI is InChI=1S/C52H49N3O7/c56-48-33-43(52(60)61)30-36-20-27-44(28-21-36)62-34-49(57)53-46(31-37-16-23-41(24-17-37)39-12-6-2-7-13-39)50(58)55-47(51(59)54-45(48)29-22-35-10-4-1-5-11-35)32-38-18-25-42(26-19-38)40-14-8-3-9-15-40/h1-21,23-28,43,45-47H,22,29-34H2,(H,53,57)(H,54,59)(H,55,58)(H,60,61)/t43-,45+,46+,47-/m1/s1. The number of carbonyl (C=O) groups is 5. The van der Waals surface area contributed by atoms with Gasteiger partial charge in [-0.05, 0) is 75.9 Å². The number of hydrogen-bond acceptors (Lipinski definition) is 6. The summed E-state index contributed by atoms with van der Waals surface area (Å²) in [5.74, 6) is -4.04. The van der Waals surface area contributed by atoms with E-state index < -0.39 is 60.1 Å². The number of aryl methyl sites for hydroxylation is 1. The molecule has 314 valence electrons. The molecule has 0 radical (unpaired) electrons. The van der Waals surface area contributed by atoms with E-state index in [0.29, 0.717) is 17.7 Å². The first-order valence-corrected chi connectivity index (χ1v) is 20.9. The number of hydrogen-bond donors (Lipinski definition) is 4. The van der Waals surface area contributed by atoms with Crippen molar-refractivity contribution >= 4 is 29.5 Å². The molecule has 3 amide bonds. The molecular weight excluding hydrogens is 779 g/mol. The van der Waals surface area contributed by atoms with Crippen LogP contribution in [0.2, 0.25) is 0 Å². The molecule has 62 heavy (non-hydrogen) atoms. The Bertz CT molecular complexity index is 2440. The molecule has 6 aromatic rings. The fourth-order valence-corrected chi connectivity index (χ4v) is 7.65. The van der Waals surface area contributed by atoms with Gasteiger partial charge in [0.25, 0.3) is 5.91 Å². The van der Waals surface area contributed by atoms with Gasteiger partial charge in [-0.25, -0.2) is 0 Å². The molecule has 0 spiro atoms. The van der Waals surface area contributed by atoms with E-state index in [4.69, 9.17) is 4.74 Å². The zero-order chi connectivity index (χ0) is 43.3. The Morgan fingerprint density at radius 2 is 0.984 bits per heavy atom. The molecule has 10 heteroatoms. The van der Waals surface area contributed by atoms with Gasteiger partial charge in [0.2, 0.25) is 11.8 Å². The maximum absolute atomic E-state index is 14.6. The monoisotopic (exact) mass is 827 g/mol. The SMILES string of the molecule is O=C1COc2ccc(cc2)C[C@@H](C(=O)O)CC(=O)[C@H](CCc2ccccc2)NC(=O)[C@@H](Cc2ccc(-c3ccccc3)cc2)NC(=O)[C@H](Cc2ccc(-c3ccccc3)cc2)N1. The summed E-state index contributed by atoms with van der Waals surface area (Å²) in [6.07, 6.45) is 0.550. The van der Waals surface area contributed by atoms with Crippen molar-refractivity contribution in [3.8, 4) is 28.0 Å². The second-order valence-electron chi connectivity index (χ2n) is 15.6. The van der Waals surface area contributed by atoms with Crippen molar-refractivity contribution in [2.24, 2.45) is 5.92 Å². The molecular formula is C52H49N3O7. The van der Waals surface area contributed by atoms with Crippen LogP contribution < -0.4 is 20.7 Å². The van der Waals surface area contributed by atoms with Crippen LogP contribution in [0.3, 0.4) is 0 Å². The Hall–Kier alpha value is -7.33. The molecule has 0 saturated carbocycles. The zero-order valence-corrected chi connectivity index (χ0v) is 34.2. The highest BCUT2D eigenvalue weighted by molar-refractivity contribution is 5.96. The van der Waals surface area contributed by atoms with Crippen molar-refractivity contribution in [1.29, 1.82) is 0 Å². The number of ether oxygens (including phenoxy) is 1. The number of rotatable bonds is 10. The van der Waals surface area contributed by atoms with Gasteiger partial charge in [0, 0.05) is 19.3 Å². The number of nitrogens with one attached hydrogen (secondary N) is 3. The predicted octanol–water partition coefficient (Wildman–Crippen LogP) is 7.19. The predicted molar refractivity (Wildman–Crippen MR) is 238 cm³/mol. The van der Waals surface area contributed by atoms with Gasteiger partial charge in [0.05, 0.1) is 12.0 Å². The Kier molecular flexibility index (Phi) is 14.3. The number of amides is 3. The number of Topliss-reactive ketones (excluding diaryl/α,β-unsaturated/α-hetero) is 1. The van der Waals surface area contributed by atoms with Crippen molar-refractivity contribution in [3.63, 3.8) is 0 Å². The van der Waals surface area contributed by atoms with E-state index in [-0.39, 0.29) is 32.1 Å². The van der Waals surface area contributed by atoms with Gasteiger partial charge in [-0.15, -0.1) is 0 Å². The van der Waals surface area contributed by atoms with E-state index >= 15 is 0 Å². The van der Waals surface area contributed by atoms with Gasteiger partial charge < -0.3 is 25.8 Å². The third kappa shape index (κ3) is 11.9. The number of ketones is 1. The van der Waals surface area contributed by atoms with E-state index in [1.165, 1.54) is 0 Å². The van der Waals surface area contributed by atoms with Gasteiger partial charge in [0.15, 0.2) is 12.4 Å². The average Bonchev–Trinajstić information content (AvgIpc) is 3.30. The Morgan fingerprint density at radius 3 is 1.50 bits per heavy atom. The minimum atomic E-state index is -1.18. The molecule has 2 aliphatic heterocycles. The summed E-state index contributed by atoms with van der Waals surface area (Å²) in [7, 11) is 0. The normalized spacial score (nSPS) is 18.8. The minimum absolute atomic E-state index is 0.0624. The fraction of sp³-hybridized carbons (Fsp3) is 0.212.